The summed E-state index contributed by atoms with van der Waals surface area (Å²) in [6, 6.07) is 9.95. The normalized spacial score (nSPS) is 24.4. The molecule has 6 heterocycles. The second kappa shape index (κ2) is 15.7. The zero-order valence-corrected chi connectivity index (χ0v) is 34.4. The van der Waals surface area contributed by atoms with E-state index in [0.717, 1.165) is 11.1 Å². The fraction of sp³-hybridized carbons (Fsp3) is 0.450. The van der Waals surface area contributed by atoms with Gasteiger partial charge in [0.1, 0.15) is 5.70 Å². The number of carboxylic acid groups (broad SMARTS) is 1. The van der Waals surface area contributed by atoms with E-state index in [1.165, 1.54) is 16.7 Å². The minimum atomic E-state index is -1.41. The van der Waals surface area contributed by atoms with Crippen LogP contribution in [0.25, 0.3) is 11.1 Å². The number of benzene rings is 2. The Bertz CT molecular complexity index is 2140. The SMILES string of the molecule is C[C@@H](O)[C@H]1C(=O)N2C(C(=O)OCOC([O-])C(C)(C)C)=C(c3ccc4c(c3)NC(=O)C4)C[C@H]12.C[C@@H](O)[C@H]1C(=O)N2C(C(=O)[O-])=C(c3ccc4c(c3)NC(=O)C4)C[C@H]12.[Na+]. The van der Waals surface area contributed by atoms with E-state index in [4.69, 9.17) is 9.47 Å². The minimum absolute atomic E-state index is 0. The Kier molecular flexibility index (Phi) is 11.6. The van der Waals surface area contributed by atoms with Gasteiger partial charge < -0.3 is 55.1 Å². The van der Waals surface area contributed by atoms with Crippen LogP contribution in [-0.2, 0) is 51.1 Å². The number of rotatable bonds is 9. The maximum absolute atomic E-state index is 13.0. The third-order valence-electron chi connectivity index (χ3n) is 11.1. The number of hydrogen-bond acceptors (Lipinski definition) is 12. The van der Waals surface area contributed by atoms with Crippen LogP contribution in [0.4, 0.5) is 11.4 Å². The molecule has 2 saturated heterocycles. The van der Waals surface area contributed by atoms with E-state index in [9.17, 15) is 49.2 Å². The van der Waals surface area contributed by atoms with Crippen LogP contribution >= 0.6 is 0 Å². The molecule has 0 aromatic heterocycles. The Balaban J connectivity index is 0.000000196. The zero-order chi connectivity index (χ0) is 40.5. The molecule has 0 aliphatic carbocycles. The molecule has 6 aliphatic rings. The van der Waals surface area contributed by atoms with Crippen molar-refractivity contribution in [2.24, 2.45) is 17.3 Å². The van der Waals surface area contributed by atoms with Crippen LogP contribution in [0.1, 0.15) is 69.7 Å². The second-order valence-electron chi connectivity index (χ2n) is 16.0. The first-order chi connectivity index (χ1) is 26.4. The van der Waals surface area contributed by atoms with Gasteiger partial charge in [-0.25, -0.2) is 4.79 Å². The van der Waals surface area contributed by atoms with Crippen molar-refractivity contribution in [3.63, 3.8) is 0 Å². The van der Waals surface area contributed by atoms with Crippen molar-refractivity contribution in [2.75, 3.05) is 17.4 Å². The first-order valence-electron chi connectivity index (χ1n) is 18.4. The number of fused-ring (bicyclic) bond motifs is 4. The number of esters is 1. The molecule has 57 heavy (non-hydrogen) atoms. The average Bonchev–Trinajstić information content (AvgIpc) is 3.85. The fourth-order valence-electron chi connectivity index (χ4n) is 8.30. The Labute approximate surface area is 350 Å². The molecule has 0 radical (unpaired) electrons. The number of aliphatic carboxylic acids is 1. The van der Waals surface area contributed by atoms with Gasteiger partial charge in [0.2, 0.25) is 23.6 Å². The van der Waals surface area contributed by atoms with Gasteiger partial charge >= 0.3 is 35.5 Å². The van der Waals surface area contributed by atoms with Crippen molar-refractivity contribution in [1.29, 1.82) is 0 Å². The number of ether oxygens (including phenoxy) is 2. The summed E-state index contributed by atoms with van der Waals surface area (Å²) in [5.41, 5.74) is 4.76. The molecule has 0 saturated carbocycles. The topological polar surface area (TPSA) is 238 Å². The number of hydrogen-bond donors (Lipinski definition) is 4. The molecule has 296 valence electrons. The number of nitrogens with zero attached hydrogens (tertiary/aromatic N) is 2. The summed E-state index contributed by atoms with van der Waals surface area (Å²) in [7, 11) is 0. The molecular weight excluding hydrogens is 751 g/mol. The second-order valence-corrected chi connectivity index (χ2v) is 16.0. The number of aliphatic hydroxyl groups is 2. The van der Waals surface area contributed by atoms with Crippen molar-refractivity contribution < 1.29 is 88.2 Å². The van der Waals surface area contributed by atoms with E-state index in [2.05, 4.69) is 10.6 Å². The van der Waals surface area contributed by atoms with E-state index in [-0.39, 0.29) is 70.8 Å². The molecule has 7 atom stereocenters. The fourth-order valence-corrected chi connectivity index (χ4v) is 8.30. The van der Waals surface area contributed by atoms with Crippen LogP contribution in [0.15, 0.2) is 47.8 Å². The quantitative estimate of drug-likeness (QED) is 0.0861. The Morgan fingerprint density at radius 1 is 0.807 bits per heavy atom. The number of nitrogens with one attached hydrogen (secondary N) is 2. The Morgan fingerprint density at radius 2 is 1.25 bits per heavy atom. The van der Waals surface area contributed by atoms with Crippen LogP contribution < -0.4 is 50.4 Å². The molecule has 4 amide bonds. The molecule has 4 N–H and O–H groups in total. The molecule has 2 aromatic rings. The van der Waals surface area contributed by atoms with Gasteiger partial charge in [0.25, 0.3) is 0 Å². The van der Waals surface area contributed by atoms with Crippen molar-refractivity contribution >= 4 is 58.1 Å². The minimum Gasteiger partial charge on any atom is -0.831 e. The van der Waals surface area contributed by atoms with Gasteiger partial charge in [-0.15, -0.1) is 0 Å². The van der Waals surface area contributed by atoms with E-state index in [1.807, 2.05) is 6.07 Å². The van der Waals surface area contributed by atoms with Gasteiger partial charge in [-0.05, 0) is 83.9 Å². The van der Waals surface area contributed by atoms with Gasteiger partial charge in [0, 0.05) is 11.4 Å². The van der Waals surface area contributed by atoms with Crippen LogP contribution in [-0.4, -0.2) is 93.0 Å². The van der Waals surface area contributed by atoms with E-state index < -0.39 is 60.4 Å². The predicted molar refractivity (Wildman–Crippen MR) is 193 cm³/mol. The molecule has 1 unspecified atom stereocenters. The third kappa shape index (κ3) is 7.55. The maximum atomic E-state index is 13.0. The van der Waals surface area contributed by atoms with Crippen LogP contribution in [0, 0.1) is 17.3 Å². The monoisotopic (exact) mass is 793 g/mol. The number of β-lactam (4-membered cyclic amide) rings is 2. The summed E-state index contributed by atoms with van der Waals surface area (Å²) in [5, 5.41) is 48.9. The summed E-state index contributed by atoms with van der Waals surface area (Å²) in [6.45, 7) is 7.70. The van der Waals surface area contributed by atoms with E-state index in [1.54, 1.807) is 58.0 Å². The maximum Gasteiger partial charge on any atom is 1.00 e. The van der Waals surface area contributed by atoms with Crippen molar-refractivity contribution in [2.45, 2.75) is 90.9 Å². The van der Waals surface area contributed by atoms with Crippen LogP contribution in [0.3, 0.4) is 0 Å². The first kappa shape index (κ1) is 42.2. The van der Waals surface area contributed by atoms with Gasteiger partial charge in [-0.2, -0.15) is 0 Å². The molecule has 8 rings (SSSR count). The predicted octanol–water partition coefficient (Wildman–Crippen LogP) is -2.99. The number of anilines is 2. The summed E-state index contributed by atoms with van der Waals surface area (Å²) in [4.78, 5) is 75.2. The van der Waals surface area contributed by atoms with Gasteiger partial charge in [-0.3, -0.25) is 19.2 Å². The van der Waals surface area contributed by atoms with Gasteiger partial charge in [0.05, 0.1) is 60.6 Å². The summed E-state index contributed by atoms with van der Waals surface area (Å²) in [6.07, 6.45) is -1.76. The number of aliphatic hydroxyl groups excluding tert-OH is 2. The molecule has 0 bridgehead atoms. The molecule has 2 aromatic carbocycles. The third-order valence-corrected chi connectivity index (χ3v) is 11.1. The smallest absolute Gasteiger partial charge is 0.831 e. The van der Waals surface area contributed by atoms with Crippen LogP contribution in [0.5, 0.6) is 0 Å². The largest absolute Gasteiger partial charge is 1.00 e. The summed E-state index contributed by atoms with van der Waals surface area (Å²) in [5.74, 6) is -4.32. The van der Waals surface area contributed by atoms with Gasteiger partial charge in [-0.1, -0.05) is 45.0 Å². The van der Waals surface area contributed by atoms with Crippen LogP contribution in [0.2, 0.25) is 0 Å². The van der Waals surface area contributed by atoms with E-state index >= 15 is 0 Å². The number of carbonyl (C=O) groups is 6. The number of carbonyl (C=O) groups excluding carboxylic acids is 6. The van der Waals surface area contributed by atoms with Crippen molar-refractivity contribution in [3.05, 3.63) is 70.0 Å². The molecule has 2 fully saturated rings. The summed E-state index contributed by atoms with van der Waals surface area (Å²) < 4.78 is 10.3. The summed E-state index contributed by atoms with van der Waals surface area (Å²) >= 11 is 0. The molecule has 0 spiro atoms. The zero-order valence-electron chi connectivity index (χ0n) is 32.4. The average molecular weight is 794 g/mol. The van der Waals surface area contributed by atoms with E-state index in [0.29, 0.717) is 59.3 Å². The molecule has 16 nitrogen and oxygen atoms in total. The first-order valence-corrected chi connectivity index (χ1v) is 18.4. The molecular formula is C40H42N4NaO12-. The number of amides is 4. The van der Waals surface area contributed by atoms with Crippen molar-refractivity contribution in [1.82, 2.24) is 9.80 Å². The molecule has 17 heteroatoms. The number of carboxylic acids is 1. The Morgan fingerprint density at radius 3 is 1.67 bits per heavy atom. The Hall–Kier alpha value is -4.42. The van der Waals surface area contributed by atoms with Crippen molar-refractivity contribution in [3.8, 4) is 0 Å². The van der Waals surface area contributed by atoms with Gasteiger partial charge in [0.15, 0.2) is 6.79 Å². The standard InChI is InChI=1S/C23H27N2O7.C17H16N2O5.Na/c1-11(26)18-16-9-14(12-5-6-13-8-17(27)24-15(13)7-12)19(25(16)20(18)28)21(29)31-10-32-22(30)23(2,3)4;1-7(20)14-12-6-10(15(17(23)24)19(12)16(14)22)8-2-3-9-5-13(21)18-11(9)4-8;/h5-7,11,16,18,22,26H,8-10H2,1-4H3,(H,24,27);2-4,7,12,14,20H,5-6H2,1H3,(H,18,21)(H,23,24);/q-1;;+1/p-1/t11-,16-,18-,22?;7-,12-,14-;/m11./s1. The molecule has 6 aliphatic heterocycles.